The molecule has 4 nitrogen and oxygen atoms in total. The van der Waals surface area contributed by atoms with Crippen molar-refractivity contribution in [3.63, 3.8) is 0 Å². The van der Waals surface area contributed by atoms with E-state index >= 15 is 0 Å². The molecule has 0 aliphatic rings. The van der Waals surface area contributed by atoms with E-state index in [0.717, 1.165) is 0 Å². The summed E-state index contributed by atoms with van der Waals surface area (Å²) in [4.78, 5) is 0. The maximum absolute atomic E-state index is 11.9. The van der Waals surface area contributed by atoms with Gasteiger partial charge in [-0.1, -0.05) is 6.07 Å². The van der Waals surface area contributed by atoms with Crippen LogP contribution in [-0.2, 0) is 13.6 Å². The zero-order valence-electron chi connectivity index (χ0n) is 7.93. The van der Waals surface area contributed by atoms with Crippen LogP contribution >= 0.6 is 7.60 Å². The molecule has 1 aromatic carbocycles. The van der Waals surface area contributed by atoms with Crippen LogP contribution in [0.4, 0.5) is 0 Å². The van der Waals surface area contributed by atoms with Crippen molar-refractivity contribution < 1.29 is 13.6 Å². The van der Waals surface area contributed by atoms with Gasteiger partial charge in [0.1, 0.15) is 0 Å². The quantitative estimate of drug-likeness (QED) is 0.713. The predicted octanol–water partition coefficient (Wildman–Crippen LogP) is 1.67. The summed E-state index contributed by atoms with van der Waals surface area (Å²) in [6, 6.07) is 8.32. The van der Waals surface area contributed by atoms with Gasteiger partial charge in [-0.25, -0.2) is 0 Å². The average molecular weight is 211 g/mol. The zero-order valence-corrected chi connectivity index (χ0v) is 8.82. The second kappa shape index (κ2) is 4.39. The predicted molar refractivity (Wildman–Crippen MR) is 52.4 cm³/mol. The van der Waals surface area contributed by atoms with Crippen molar-refractivity contribution in [3.8, 4) is 6.07 Å². The lowest BCUT2D eigenvalue weighted by molar-refractivity contribution is 0.287. The van der Waals surface area contributed by atoms with E-state index in [-0.39, 0.29) is 0 Å². The third kappa shape index (κ3) is 2.02. The molecule has 74 valence electrons. The highest BCUT2D eigenvalue weighted by molar-refractivity contribution is 7.62. The van der Waals surface area contributed by atoms with E-state index in [1.165, 1.54) is 20.3 Å². The van der Waals surface area contributed by atoms with Crippen LogP contribution in [0.15, 0.2) is 24.3 Å². The van der Waals surface area contributed by atoms with Crippen LogP contribution in [0.1, 0.15) is 5.56 Å². The average Bonchev–Trinajstić information content (AvgIpc) is 2.28. The van der Waals surface area contributed by atoms with Gasteiger partial charge in [-0.15, -0.1) is 0 Å². The molecule has 0 heterocycles. The van der Waals surface area contributed by atoms with Crippen molar-refractivity contribution in [1.82, 2.24) is 0 Å². The lowest BCUT2D eigenvalue weighted by atomic mass is 10.2. The van der Waals surface area contributed by atoms with Crippen LogP contribution in [0, 0.1) is 11.3 Å². The zero-order chi connectivity index (χ0) is 10.6. The van der Waals surface area contributed by atoms with E-state index < -0.39 is 7.60 Å². The first kappa shape index (κ1) is 10.9. The molecular formula is C9H10NO3P. The third-order valence-corrected chi connectivity index (χ3v) is 3.64. The fraction of sp³-hybridized carbons (Fsp3) is 0.222. The highest BCUT2D eigenvalue weighted by Crippen LogP contribution is 2.44. The van der Waals surface area contributed by atoms with Gasteiger partial charge in [0.15, 0.2) is 0 Å². The Hall–Kier alpha value is -1.14. The first-order chi connectivity index (χ1) is 6.66. The van der Waals surface area contributed by atoms with Gasteiger partial charge in [-0.2, -0.15) is 5.26 Å². The minimum Gasteiger partial charge on any atom is -0.309 e. The molecule has 0 unspecified atom stereocenters. The molecule has 0 N–H and O–H groups in total. The van der Waals surface area contributed by atoms with Crippen molar-refractivity contribution in [2.75, 3.05) is 14.2 Å². The van der Waals surface area contributed by atoms with Crippen molar-refractivity contribution in [2.24, 2.45) is 0 Å². The summed E-state index contributed by atoms with van der Waals surface area (Å²) in [7, 11) is -0.607. The summed E-state index contributed by atoms with van der Waals surface area (Å²) in [6.45, 7) is 0. The van der Waals surface area contributed by atoms with Crippen LogP contribution in [-0.4, -0.2) is 14.2 Å². The first-order valence-corrected chi connectivity index (χ1v) is 5.43. The molecule has 1 aromatic rings. The molecule has 0 aliphatic carbocycles. The number of rotatable bonds is 3. The Labute approximate surface area is 82.6 Å². The Balaban J connectivity index is 3.19. The monoisotopic (exact) mass is 211 g/mol. The number of nitriles is 1. The molecule has 0 saturated heterocycles. The van der Waals surface area contributed by atoms with Crippen molar-refractivity contribution in [1.29, 1.82) is 5.26 Å². The van der Waals surface area contributed by atoms with Gasteiger partial charge in [-0.3, -0.25) is 4.57 Å². The van der Waals surface area contributed by atoms with Gasteiger partial charge in [0.05, 0.1) is 16.9 Å². The summed E-state index contributed by atoms with van der Waals surface area (Å²) >= 11 is 0. The standard InChI is InChI=1S/C9H10NO3P/c1-12-14(11,13-2)9-5-3-4-8(6-9)7-10/h3-6H,1-2H3. The van der Waals surface area contributed by atoms with E-state index in [4.69, 9.17) is 14.3 Å². The van der Waals surface area contributed by atoms with E-state index in [1.54, 1.807) is 18.2 Å². The maximum Gasteiger partial charge on any atom is 0.360 e. The molecule has 1 rings (SSSR count). The van der Waals surface area contributed by atoms with Crippen LogP contribution in [0.3, 0.4) is 0 Å². The summed E-state index contributed by atoms with van der Waals surface area (Å²) in [6.07, 6.45) is 0. The number of benzene rings is 1. The van der Waals surface area contributed by atoms with Gasteiger partial charge in [0.2, 0.25) is 0 Å². The minimum absolute atomic E-state index is 0.390. The maximum atomic E-state index is 11.9. The molecular weight excluding hydrogens is 201 g/mol. The molecule has 0 radical (unpaired) electrons. The van der Waals surface area contributed by atoms with E-state index in [0.29, 0.717) is 10.9 Å². The normalized spacial score (nSPS) is 10.9. The van der Waals surface area contributed by atoms with Crippen LogP contribution in [0.5, 0.6) is 0 Å². The highest BCUT2D eigenvalue weighted by atomic mass is 31.2. The van der Waals surface area contributed by atoms with Crippen molar-refractivity contribution in [2.45, 2.75) is 0 Å². The second-order valence-electron chi connectivity index (χ2n) is 2.52. The first-order valence-electron chi connectivity index (χ1n) is 3.88. The van der Waals surface area contributed by atoms with E-state index in [2.05, 4.69) is 0 Å². The molecule has 0 saturated carbocycles. The molecule has 5 heteroatoms. The Morgan fingerprint density at radius 2 is 2.00 bits per heavy atom. The molecule has 0 fully saturated rings. The molecule has 0 aliphatic heterocycles. The molecule has 0 amide bonds. The Morgan fingerprint density at radius 1 is 1.36 bits per heavy atom. The van der Waals surface area contributed by atoms with Gasteiger partial charge < -0.3 is 9.05 Å². The van der Waals surface area contributed by atoms with Crippen LogP contribution in [0.2, 0.25) is 0 Å². The molecule has 0 spiro atoms. The Kier molecular flexibility index (Phi) is 3.43. The third-order valence-electron chi connectivity index (χ3n) is 1.77. The van der Waals surface area contributed by atoms with Crippen LogP contribution in [0.25, 0.3) is 0 Å². The van der Waals surface area contributed by atoms with Gasteiger partial charge in [0.25, 0.3) is 0 Å². The molecule has 0 aromatic heterocycles. The SMILES string of the molecule is COP(=O)(OC)c1cccc(C#N)c1. The summed E-state index contributed by atoms with van der Waals surface area (Å²) in [5.74, 6) is 0. The highest BCUT2D eigenvalue weighted by Gasteiger charge is 2.24. The Morgan fingerprint density at radius 3 is 2.50 bits per heavy atom. The summed E-state index contributed by atoms with van der Waals surface area (Å²) < 4.78 is 21.5. The summed E-state index contributed by atoms with van der Waals surface area (Å²) in [5.41, 5.74) is 0.428. The van der Waals surface area contributed by atoms with Crippen molar-refractivity contribution >= 4 is 12.9 Å². The fourth-order valence-electron chi connectivity index (χ4n) is 1.03. The lowest BCUT2D eigenvalue weighted by Crippen LogP contribution is -2.07. The van der Waals surface area contributed by atoms with E-state index in [1.807, 2.05) is 6.07 Å². The number of nitrogens with zero attached hydrogens (tertiary/aromatic N) is 1. The fourth-order valence-corrected chi connectivity index (χ4v) is 2.17. The number of hydrogen-bond donors (Lipinski definition) is 0. The van der Waals surface area contributed by atoms with Gasteiger partial charge in [0, 0.05) is 14.2 Å². The largest absolute Gasteiger partial charge is 0.360 e. The topological polar surface area (TPSA) is 59.3 Å². The number of hydrogen-bond acceptors (Lipinski definition) is 4. The van der Waals surface area contributed by atoms with E-state index in [9.17, 15) is 4.57 Å². The summed E-state index contributed by atoms with van der Waals surface area (Å²) in [5, 5.41) is 9.04. The molecule has 0 bridgehead atoms. The second-order valence-corrected chi connectivity index (χ2v) is 4.77. The lowest BCUT2D eigenvalue weighted by Gasteiger charge is -2.13. The smallest absolute Gasteiger partial charge is 0.309 e. The Bertz CT molecular complexity index is 403. The van der Waals surface area contributed by atoms with Crippen molar-refractivity contribution in [3.05, 3.63) is 29.8 Å². The molecule has 0 atom stereocenters. The van der Waals surface area contributed by atoms with Gasteiger partial charge in [-0.05, 0) is 18.2 Å². The van der Waals surface area contributed by atoms with Crippen LogP contribution < -0.4 is 5.30 Å². The molecule has 14 heavy (non-hydrogen) atoms. The van der Waals surface area contributed by atoms with Gasteiger partial charge >= 0.3 is 7.60 Å². The minimum atomic E-state index is -3.22.